The molecule has 3 rings (SSSR count). The standard InChI is InChI=1S/C20H21NO5/c1-25-15-7-3-13(4-8-15)19-17(20(23)24)11-12-18(22)21(19)14-5-9-16(26-2)10-6-14/h3-10,17,19H,11-12H2,1-2H3,(H,23,24)/p-1/t17-,19+/m1/s1. The maximum Gasteiger partial charge on any atom is 0.227 e. The van der Waals surface area contributed by atoms with Gasteiger partial charge in [0.25, 0.3) is 0 Å². The Labute approximate surface area is 152 Å². The Balaban J connectivity index is 2.06. The summed E-state index contributed by atoms with van der Waals surface area (Å²) in [4.78, 5) is 26.0. The van der Waals surface area contributed by atoms with Crippen molar-refractivity contribution in [1.82, 2.24) is 0 Å². The molecule has 1 heterocycles. The normalized spacial score (nSPS) is 19.9. The van der Waals surface area contributed by atoms with E-state index >= 15 is 0 Å². The van der Waals surface area contributed by atoms with Crippen molar-refractivity contribution in [2.24, 2.45) is 5.92 Å². The second kappa shape index (κ2) is 7.47. The molecule has 2 aromatic carbocycles. The quantitative estimate of drug-likeness (QED) is 0.820. The molecule has 0 spiro atoms. The molecule has 0 saturated carbocycles. The number of methoxy groups -OCH3 is 2. The monoisotopic (exact) mass is 354 g/mol. The molecule has 6 heteroatoms. The molecule has 1 fully saturated rings. The largest absolute Gasteiger partial charge is 0.550 e. The van der Waals surface area contributed by atoms with Gasteiger partial charge in [0.05, 0.1) is 20.3 Å². The molecule has 1 amide bonds. The fraction of sp³-hybridized carbons (Fsp3) is 0.300. The molecular formula is C20H20NO5-. The summed E-state index contributed by atoms with van der Waals surface area (Å²) < 4.78 is 10.3. The number of carbonyl (C=O) groups excluding carboxylic acids is 2. The maximum absolute atomic E-state index is 12.7. The van der Waals surface area contributed by atoms with Crippen molar-refractivity contribution in [3.8, 4) is 11.5 Å². The predicted octanol–water partition coefficient (Wildman–Crippen LogP) is 1.94. The van der Waals surface area contributed by atoms with Gasteiger partial charge in [0.2, 0.25) is 5.91 Å². The van der Waals surface area contributed by atoms with Gasteiger partial charge < -0.3 is 24.3 Å². The number of ether oxygens (including phenoxy) is 2. The highest BCUT2D eigenvalue weighted by Crippen LogP contribution is 2.40. The zero-order valence-electron chi connectivity index (χ0n) is 14.7. The molecule has 26 heavy (non-hydrogen) atoms. The number of hydrogen-bond acceptors (Lipinski definition) is 5. The molecule has 6 nitrogen and oxygen atoms in total. The summed E-state index contributed by atoms with van der Waals surface area (Å²) in [6, 6.07) is 13.5. The molecule has 0 unspecified atom stereocenters. The Morgan fingerprint density at radius 1 is 1.00 bits per heavy atom. The zero-order valence-corrected chi connectivity index (χ0v) is 14.7. The Hall–Kier alpha value is -3.02. The van der Waals surface area contributed by atoms with E-state index in [1.54, 1.807) is 67.7 Å². The molecule has 2 aromatic rings. The SMILES string of the molecule is COc1ccc([C@H]2[C@H](C(=O)[O-])CCC(=O)N2c2ccc(OC)cc2)cc1. The van der Waals surface area contributed by atoms with Crippen LogP contribution in [0.5, 0.6) is 11.5 Å². The summed E-state index contributed by atoms with van der Waals surface area (Å²) in [6.45, 7) is 0. The van der Waals surface area contributed by atoms with Crippen LogP contribution in [0.2, 0.25) is 0 Å². The number of anilines is 1. The van der Waals surface area contributed by atoms with E-state index in [1.807, 2.05) is 0 Å². The number of piperidine rings is 1. The van der Waals surface area contributed by atoms with E-state index < -0.39 is 17.9 Å². The summed E-state index contributed by atoms with van der Waals surface area (Å²) in [7, 11) is 3.13. The highest BCUT2D eigenvalue weighted by Gasteiger charge is 2.38. The van der Waals surface area contributed by atoms with E-state index in [1.165, 1.54) is 0 Å². The molecule has 0 bridgehead atoms. The highest BCUT2D eigenvalue weighted by molar-refractivity contribution is 5.96. The average Bonchev–Trinajstić information content (AvgIpc) is 2.67. The van der Waals surface area contributed by atoms with Gasteiger partial charge in [-0.05, 0) is 48.4 Å². The topological polar surface area (TPSA) is 78.9 Å². The molecule has 1 saturated heterocycles. The van der Waals surface area contributed by atoms with Crippen LogP contribution in [-0.2, 0) is 9.59 Å². The van der Waals surface area contributed by atoms with Crippen molar-refractivity contribution < 1.29 is 24.2 Å². The summed E-state index contributed by atoms with van der Waals surface area (Å²) in [5.41, 5.74) is 1.35. The average molecular weight is 354 g/mol. The molecule has 0 radical (unpaired) electrons. The van der Waals surface area contributed by atoms with Gasteiger partial charge in [0, 0.05) is 24.0 Å². The van der Waals surface area contributed by atoms with Crippen LogP contribution in [0.25, 0.3) is 0 Å². The van der Waals surface area contributed by atoms with Crippen molar-refractivity contribution in [1.29, 1.82) is 0 Å². The van der Waals surface area contributed by atoms with Gasteiger partial charge in [-0.3, -0.25) is 4.79 Å². The van der Waals surface area contributed by atoms with Crippen LogP contribution in [0.1, 0.15) is 24.4 Å². The Morgan fingerprint density at radius 3 is 2.04 bits per heavy atom. The molecule has 0 N–H and O–H groups in total. The molecule has 0 aliphatic carbocycles. The van der Waals surface area contributed by atoms with Crippen LogP contribution in [0.15, 0.2) is 48.5 Å². The van der Waals surface area contributed by atoms with E-state index in [0.29, 0.717) is 17.2 Å². The van der Waals surface area contributed by atoms with Crippen LogP contribution in [-0.4, -0.2) is 26.1 Å². The third-order valence-corrected chi connectivity index (χ3v) is 4.71. The Morgan fingerprint density at radius 2 is 1.54 bits per heavy atom. The maximum atomic E-state index is 12.7. The first kappa shape index (κ1) is 17.8. The molecule has 1 aliphatic heterocycles. The minimum absolute atomic E-state index is 0.117. The first-order valence-electron chi connectivity index (χ1n) is 8.36. The molecule has 136 valence electrons. The summed E-state index contributed by atoms with van der Waals surface area (Å²) >= 11 is 0. The number of carboxylic acid groups (broad SMARTS) is 1. The van der Waals surface area contributed by atoms with Gasteiger partial charge in [-0.25, -0.2) is 0 Å². The summed E-state index contributed by atoms with van der Waals surface area (Å²) in [5.74, 6) is -0.735. The van der Waals surface area contributed by atoms with Crippen molar-refractivity contribution in [3.05, 3.63) is 54.1 Å². The molecule has 0 aromatic heterocycles. The number of carbonyl (C=O) groups is 2. The smallest absolute Gasteiger partial charge is 0.227 e. The van der Waals surface area contributed by atoms with Crippen molar-refractivity contribution in [3.63, 3.8) is 0 Å². The molecule has 2 atom stereocenters. The number of benzene rings is 2. The van der Waals surface area contributed by atoms with E-state index in [0.717, 1.165) is 5.56 Å². The number of rotatable bonds is 5. The third-order valence-electron chi connectivity index (χ3n) is 4.71. The van der Waals surface area contributed by atoms with Gasteiger partial charge in [-0.1, -0.05) is 12.1 Å². The number of nitrogens with zero attached hydrogens (tertiary/aromatic N) is 1. The van der Waals surface area contributed by atoms with Crippen LogP contribution in [0, 0.1) is 5.92 Å². The Kier molecular flexibility index (Phi) is 5.11. The lowest BCUT2D eigenvalue weighted by atomic mass is 9.84. The van der Waals surface area contributed by atoms with Gasteiger partial charge >= 0.3 is 0 Å². The van der Waals surface area contributed by atoms with Crippen LogP contribution in [0.4, 0.5) is 5.69 Å². The van der Waals surface area contributed by atoms with Gasteiger partial charge in [-0.15, -0.1) is 0 Å². The fourth-order valence-electron chi connectivity index (χ4n) is 3.37. The molecule has 1 aliphatic rings. The molecular weight excluding hydrogens is 334 g/mol. The van der Waals surface area contributed by atoms with Gasteiger partial charge in [0.15, 0.2) is 0 Å². The first-order valence-corrected chi connectivity index (χ1v) is 8.36. The van der Waals surface area contributed by atoms with Gasteiger partial charge in [-0.2, -0.15) is 0 Å². The number of carboxylic acids is 1. The number of aliphatic carboxylic acids is 1. The Bertz CT molecular complexity index is 785. The van der Waals surface area contributed by atoms with Crippen LogP contribution in [0.3, 0.4) is 0 Å². The lowest BCUT2D eigenvalue weighted by molar-refractivity contribution is -0.312. The summed E-state index contributed by atoms with van der Waals surface area (Å²) in [6.07, 6.45) is 0.418. The fourth-order valence-corrected chi connectivity index (χ4v) is 3.37. The lowest BCUT2D eigenvalue weighted by Crippen LogP contribution is -2.49. The number of amides is 1. The predicted molar refractivity (Wildman–Crippen MR) is 93.9 cm³/mol. The minimum Gasteiger partial charge on any atom is -0.550 e. The van der Waals surface area contributed by atoms with Crippen LogP contribution < -0.4 is 19.5 Å². The second-order valence-electron chi connectivity index (χ2n) is 6.14. The minimum atomic E-state index is -1.16. The number of hydrogen-bond donors (Lipinski definition) is 0. The van der Waals surface area contributed by atoms with Crippen molar-refractivity contribution >= 4 is 17.6 Å². The van der Waals surface area contributed by atoms with E-state index in [-0.39, 0.29) is 18.7 Å². The summed E-state index contributed by atoms with van der Waals surface area (Å²) in [5, 5.41) is 11.8. The van der Waals surface area contributed by atoms with Crippen LogP contribution >= 0.6 is 0 Å². The second-order valence-corrected chi connectivity index (χ2v) is 6.14. The zero-order chi connectivity index (χ0) is 18.7. The highest BCUT2D eigenvalue weighted by atomic mass is 16.5. The lowest BCUT2D eigenvalue weighted by Gasteiger charge is -2.42. The van der Waals surface area contributed by atoms with E-state index in [4.69, 9.17) is 9.47 Å². The van der Waals surface area contributed by atoms with Crippen molar-refractivity contribution in [2.75, 3.05) is 19.1 Å². The van der Waals surface area contributed by atoms with Crippen molar-refractivity contribution in [2.45, 2.75) is 18.9 Å². The van der Waals surface area contributed by atoms with E-state index in [2.05, 4.69) is 0 Å². The van der Waals surface area contributed by atoms with Gasteiger partial charge in [0.1, 0.15) is 11.5 Å². The van der Waals surface area contributed by atoms with E-state index in [9.17, 15) is 14.7 Å². The third kappa shape index (κ3) is 3.35. The first-order chi connectivity index (χ1) is 12.5.